The van der Waals surface area contributed by atoms with Gasteiger partial charge < -0.3 is 10.2 Å². The minimum Gasteiger partial charge on any atom is -0.315 e. The first-order valence-electron chi connectivity index (χ1n) is 7.08. The van der Waals surface area contributed by atoms with Crippen LogP contribution in [0.3, 0.4) is 0 Å². The molecule has 0 spiro atoms. The lowest BCUT2D eigenvalue weighted by Crippen LogP contribution is -2.51. The molecule has 3 heteroatoms. The van der Waals surface area contributed by atoms with Crippen molar-refractivity contribution >= 4 is 0 Å². The fourth-order valence-corrected chi connectivity index (χ4v) is 2.63. The summed E-state index contributed by atoms with van der Waals surface area (Å²) in [5, 5.41) is 3.57. The fourth-order valence-electron chi connectivity index (χ4n) is 2.63. The molecule has 3 nitrogen and oxygen atoms in total. The molecule has 0 radical (unpaired) electrons. The summed E-state index contributed by atoms with van der Waals surface area (Å²) in [6, 6.07) is 0.737. The Balaban J connectivity index is 2.48. The van der Waals surface area contributed by atoms with E-state index in [9.17, 15) is 0 Å². The summed E-state index contributed by atoms with van der Waals surface area (Å²) in [7, 11) is 4.32. The first-order valence-corrected chi connectivity index (χ1v) is 7.08. The highest BCUT2D eigenvalue weighted by atomic mass is 15.2. The minimum atomic E-state index is 0.737. The Hall–Kier alpha value is -0.120. The van der Waals surface area contributed by atoms with E-state index in [1.807, 2.05) is 0 Å². The maximum Gasteiger partial charge on any atom is 0.0224 e. The highest BCUT2D eigenvalue weighted by Gasteiger charge is 2.24. The van der Waals surface area contributed by atoms with Crippen molar-refractivity contribution in [2.24, 2.45) is 11.8 Å². The molecule has 0 saturated carbocycles. The second kappa shape index (κ2) is 7.34. The van der Waals surface area contributed by atoms with Gasteiger partial charge in [-0.15, -0.1) is 0 Å². The summed E-state index contributed by atoms with van der Waals surface area (Å²) in [5.41, 5.74) is 0. The Bertz CT molecular complexity index is 204. The molecule has 1 aliphatic rings. The third kappa shape index (κ3) is 5.84. The van der Waals surface area contributed by atoms with Gasteiger partial charge in [-0.05, 0) is 38.9 Å². The number of rotatable bonds is 6. The second-order valence-electron chi connectivity index (χ2n) is 6.35. The van der Waals surface area contributed by atoms with Crippen molar-refractivity contribution in [2.45, 2.75) is 33.2 Å². The lowest BCUT2D eigenvalue weighted by atomic mass is 9.96. The molecule has 0 aromatic heterocycles. The molecule has 2 atom stereocenters. The SMILES string of the molecule is CC(C)CN(CCN(C)C)C1CNCC(C)C1. The zero-order valence-corrected chi connectivity index (χ0v) is 12.4. The minimum absolute atomic E-state index is 0.737. The van der Waals surface area contributed by atoms with Crippen molar-refractivity contribution in [3.63, 3.8) is 0 Å². The Morgan fingerprint density at radius 3 is 2.41 bits per heavy atom. The topological polar surface area (TPSA) is 18.5 Å². The van der Waals surface area contributed by atoms with Gasteiger partial charge in [0, 0.05) is 32.2 Å². The normalized spacial score (nSPS) is 26.1. The van der Waals surface area contributed by atoms with Crippen molar-refractivity contribution in [1.29, 1.82) is 0 Å². The zero-order valence-electron chi connectivity index (χ0n) is 12.4. The molecule has 2 unspecified atom stereocenters. The van der Waals surface area contributed by atoms with Gasteiger partial charge in [-0.25, -0.2) is 0 Å². The smallest absolute Gasteiger partial charge is 0.0224 e. The zero-order chi connectivity index (χ0) is 12.8. The quantitative estimate of drug-likeness (QED) is 0.760. The molecule has 102 valence electrons. The summed E-state index contributed by atoms with van der Waals surface area (Å²) in [6.45, 7) is 13.0. The summed E-state index contributed by atoms with van der Waals surface area (Å²) in [6.07, 6.45) is 1.35. The number of likely N-dealkylation sites (N-methyl/N-ethyl adjacent to an activating group) is 1. The monoisotopic (exact) mass is 241 g/mol. The van der Waals surface area contributed by atoms with E-state index in [4.69, 9.17) is 0 Å². The highest BCUT2D eigenvalue weighted by molar-refractivity contribution is 4.82. The molecule has 1 fully saturated rings. The number of hydrogen-bond donors (Lipinski definition) is 1. The average Bonchev–Trinajstić information content (AvgIpc) is 2.23. The number of piperidine rings is 1. The van der Waals surface area contributed by atoms with Gasteiger partial charge in [-0.1, -0.05) is 20.8 Å². The molecule has 0 bridgehead atoms. The van der Waals surface area contributed by atoms with Gasteiger partial charge in [0.05, 0.1) is 0 Å². The summed E-state index contributed by atoms with van der Waals surface area (Å²) in [5.74, 6) is 1.58. The van der Waals surface area contributed by atoms with E-state index in [0.29, 0.717) is 0 Å². The van der Waals surface area contributed by atoms with Crippen LogP contribution in [0.5, 0.6) is 0 Å². The van der Waals surface area contributed by atoms with E-state index in [0.717, 1.165) is 24.4 Å². The van der Waals surface area contributed by atoms with Crippen molar-refractivity contribution in [3.05, 3.63) is 0 Å². The van der Waals surface area contributed by atoms with Crippen LogP contribution >= 0.6 is 0 Å². The molecule has 0 aromatic carbocycles. The number of hydrogen-bond acceptors (Lipinski definition) is 3. The van der Waals surface area contributed by atoms with Crippen LogP contribution in [0.2, 0.25) is 0 Å². The van der Waals surface area contributed by atoms with Crippen LogP contribution < -0.4 is 5.32 Å². The van der Waals surface area contributed by atoms with Crippen molar-refractivity contribution < 1.29 is 0 Å². The maximum absolute atomic E-state index is 3.57. The molecule has 0 amide bonds. The van der Waals surface area contributed by atoms with E-state index in [-0.39, 0.29) is 0 Å². The van der Waals surface area contributed by atoms with Crippen LogP contribution in [-0.2, 0) is 0 Å². The summed E-state index contributed by atoms with van der Waals surface area (Å²) < 4.78 is 0. The Kier molecular flexibility index (Phi) is 6.45. The number of nitrogens with zero attached hydrogens (tertiary/aromatic N) is 2. The Morgan fingerprint density at radius 2 is 1.88 bits per heavy atom. The molecule has 1 rings (SSSR count). The van der Waals surface area contributed by atoms with Crippen LogP contribution in [0.25, 0.3) is 0 Å². The van der Waals surface area contributed by atoms with Crippen molar-refractivity contribution in [1.82, 2.24) is 15.1 Å². The molecule has 0 aliphatic carbocycles. The van der Waals surface area contributed by atoms with Gasteiger partial charge in [0.15, 0.2) is 0 Å². The van der Waals surface area contributed by atoms with Crippen LogP contribution in [0, 0.1) is 11.8 Å². The van der Waals surface area contributed by atoms with Gasteiger partial charge in [0.25, 0.3) is 0 Å². The number of nitrogens with one attached hydrogen (secondary N) is 1. The first kappa shape index (κ1) is 14.9. The second-order valence-corrected chi connectivity index (χ2v) is 6.35. The van der Waals surface area contributed by atoms with Crippen LogP contribution in [0.15, 0.2) is 0 Å². The van der Waals surface area contributed by atoms with Gasteiger partial charge in [0.1, 0.15) is 0 Å². The standard InChI is InChI=1S/C14H31N3/c1-12(2)11-17(7-6-16(4)5)14-8-13(3)9-15-10-14/h12-15H,6-11H2,1-5H3. The summed E-state index contributed by atoms with van der Waals surface area (Å²) in [4.78, 5) is 4.97. The molecule has 1 N–H and O–H groups in total. The van der Waals surface area contributed by atoms with Crippen LogP contribution in [-0.4, -0.2) is 62.7 Å². The molecule has 17 heavy (non-hydrogen) atoms. The fraction of sp³-hybridized carbons (Fsp3) is 1.00. The van der Waals surface area contributed by atoms with Crippen molar-refractivity contribution in [2.75, 3.05) is 46.8 Å². The van der Waals surface area contributed by atoms with Gasteiger partial charge in [-0.3, -0.25) is 4.90 Å². The van der Waals surface area contributed by atoms with Gasteiger partial charge >= 0.3 is 0 Å². The molecule has 1 aliphatic heterocycles. The lowest BCUT2D eigenvalue weighted by Gasteiger charge is -2.38. The van der Waals surface area contributed by atoms with E-state index in [2.05, 4.69) is 50.0 Å². The van der Waals surface area contributed by atoms with E-state index in [1.165, 1.54) is 32.6 Å². The Labute approximate surface area is 108 Å². The third-order valence-corrected chi connectivity index (χ3v) is 3.50. The highest BCUT2D eigenvalue weighted by Crippen LogP contribution is 2.16. The van der Waals surface area contributed by atoms with Crippen LogP contribution in [0.1, 0.15) is 27.2 Å². The Morgan fingerprint density at radius 1 is 1.18 bits per heavy atom. The maximum atomic E-state index is 3.57. The van der Waals surface area contributed by atoms with Gasteiger partial charge in [-0.2, -0.15) is 0 Å². The van der Waals surface area contributed by atoms with Crippen molar-refractivity contribution in [3.8, 4) is 0 Å². The first-order chi connectivity index (χ1) is 7.99. The van der Waals surface area contributed by atoms with Gasteiger partial charge in [0.2, 0.25) is 0 Å². The van der Waals surface area contributed by atoms with E-state index >= 15 is 0 Å². The molecular weight excluding hydrogens is 210 g/mol. The predicted octanol–water partition coefficient (Wildman–Crippen LogP) is 1.50. The molecule has 1 saturated heterocycles. The predicted molar refractivity (Wildman–Crippen MR) is 75.4 cm³/mol. The third-order valence-electron chi connectivity index (χ3n) is 3.50. The molecule has 0 aromatic rings. The molecular formula is C14H31N3. The van der Waals surface area contributed by atoms with Crippen LogP contribution in [0.4, 0.5) is 0 Å². The van der Waals surface area contributed by atoms with E-state index < -0.39 is 0 Å². The lowest BCUT2D eigenvalue weighted by molar-refractivity contribution is 0.121. The van der Waals surface area contributed by atoms with E-state index in [1.54, 1.807) is 0 Å². The average molecular weight is 241 g/mol. The summed E-state index contributed by atoms with van der Waals surface area (Å²) >= 11 is 0. The largest absolute Gasteiger partial charge is 0.315 e. The molecule has 1 heterocycles.